The lowest BCUT2D eigenvalue weighted by atomic mass is 9.92. The molecule has 5 heteroatoms. The highest BCUT2D eigenvalue weighted by Crippen LogP contribution is 2.31. The number of methoxy groups -OCH3 is 1. The number of hydrogen-bond donors (Lipinski definition) is 1. The fourth-order valence-electron chi connectivity index (χ4n) is 2.45. The molecule has 1 N–H and O–H groups in total. The van der Waals surface area contributed by atoms with Gasteiger partial charge in [-0.15, -0.1) is 0 Å². The number of carbonyl (C=O) groups is 2. The third-order valence-corrected chi connectivity index (χ3v) is 3.60. The highest BCUT2D eigenvalue weighted by Gasteiger charge is 2.47. The molecule has 102 valence electrons. The van der Waals surface area contributed by atoms with Crippen LogP contribution in [-0.2, 0) is 9.53 Å². The minimum Gasteiger partial charge on any atom is -0.453 e. The maximum absolute atomic E-state index is 12.1. The van der Waals surface area contributed by atoms with Crippen LogP contribution in [0.15, 0.2) is 30.3 Å². The molecule has 0 unspecified atom stereocenters. The highest BCUT2D eigenvalue weighted by molar-refractivity contribution is 5.92. The highest BCUT2D eigenvalue weighted by atomic mass is 16.5. The van der Waals surface area contributed by atoms with Crippen LogP contribution in [0.1, 0.15) is 25.5 Å². The summed E-state index contributed by atoms with van der Waals surface area (Å²) in [6, 6.07) is 9.30. The molecule has 0 radical (unpaired) electrons. The zero-order valence-electron chi connectivity index (χ0n) is 11.3. The third-order valence-electron chi connectivity index (χ3n) is 3.60. The predicted octanol–water partition coefficient (Wildman–Crippen LogP) is 1.70. The average molecular weight is 262 g/mol. The molecule has 0 saturated carbocycles. The maximum Gasteiger partial charge on any atom is 0.407 e. The molecule has 2 amide bonds. The van der Waals surface area contributed by atoms with Crippen molar-refractivity contribution in [3.63, 3.8) is 0 Å². The number of carbonyl (C=O) groups excluding carboxylic acids is 2. The summed E-state index contributed by atoms with van der Waals surface area (Å²) in [6.45, 7) is 3.90. The van der Waals surface area contributed by atoms with E-state index < -0.39 is 12.1 Å². The summed E-state index contributed by atoms with van der Waals surface area (Å²) < 4.78 is 4.51. The Labute approximate surface area is 112 Å². The first-order valence-electron chi connectivity index (χ1n) is 6.28. The molecule has 1 aliphatic rings. The van der Waals surface area contributed by atoms with Crippen LogP contribution in [0.2, 0.25) is 0 Å². The molecule has 1 fully saturated rings. The summed E-state index contributed by atoms with van der Waals surface area (Å²) in [5, 5.41) is 2.55. The lowest BCUT2D eigenvalue weighted by Gasteiger charge is -2.48. The molecule has 1 aromatic carbocycles. The SMILES string of the molecule is COC(=O)N[C@H]1C(=O)N([C@H](C)c2ccccc2)[C@H]1C. The van der Waals surface area contributed by atoms with E-state index in [4.69, 9.17) is 0 Å². The van der Waals surface area contributed by atoms with Gasteiger partial charge < -0.3 is 15.0 Å². The van der Waals surface area contributed by atoms with Crippen molar-refractivity contribution in [2.45, 2.75) is 32.0 Å². The van der Waals surface area contributed by atoms with Crippen LogP contribution >= 0.6 is 0 Å². The summed E-state index contributed by atoms with van der Waals surface area (Å²) in [7, 11) is 1.29. The second kappa shape index (κ2) is 5.30. The quantitative estimate of drug-likeness (QED) is 0.843. The molecule has 5 nitrogen and oxygen atoms in total. The van der Waals surface area contributed by atoms with Crippen molar-refractivity contribution >= 4 is 12.0 Å². The lowest BCUT2D eigenvalue weighted by Crippen LogP contribution is -2.69. The summed E-state index contributed by atoms with van der Waals surface area (Å²) in [6.07, 6.45) is -0.572. The van der Waals surface area contributed by atoms with Gasteiger partial charge in [-0.25, -0.2) is 4.79 Å². The Kier molecular flexibility index (Phi) is 3.74. The van der Waals surface area contributed by atoms with Crippen molar-refractivity contribution in [2.75, 3.05) is 7.11 Å². The predicted molar refractivity (Wildman–Crippen MR) is 70.5 cm³/mol. The van der Waals surface area contributed by atoms with Gasteiger partial charge in [-0.2, -0.15) is 0 Å². The molecule has 1 heterocycles. The van der Waals surface area contributed by atoms with E-state index in [2.05, 4.69) is 10.1 Å². The maximum atomic E-state index is 12.1. The molecule has 1 saturated heterocycles. The van der Waals surface area contributed by atoms with Gasteiger partial charge in [-0.3, -0.25) is 4.79 Å². The number of β-lactam (4-membered cyclic amide) rings is 1. The molecule has 3 atom stereocenters. The Morgan fingerprint density at radius 3 is 2.53 bits per heavy atom. The fourth-order valence-corrected chi connectivity index (χ4v) is 2.45. The largest absolute Gasteiger partial charge is 0.453 e. The number of benzene rings is 1. The zero-order chi connectivity index (χ0) is 14.0. The van der Waals surface area contributed by atoms with Crippen LogP contribution in [0.3, 0.4) is 0 Å². The number of rotatable bonds is 3. The van der Waals surface area contributed by atoms with Gasteiger partial charge in [0.1, 0.15) is 6.04 Å². The summed E-state index contributed by atoms with van der Waals surface area (Å²) >= 11 is 0. The van der Waals surface area contributed by atoms with E-state index in [-0.39, 0.29) is 18.0 Å². The smallest absolute Gasteiger partial charge is 0.407 e. The summed E-state index contributed by atoms with van der Waals surface area (Å²) in [5.41, 5.74) is 1.08. The van der Waals surface area contributed by atoms with Gasteiger partial charge in [-0.1, -0.05) is 30.3 Å². The van der Waals surface area contributed by atoms with Crippen molar-refractivity contribution < 1.29 is 14.3 Å². The third kappa shape index (κ3) is 2.41. The topological polar surface area (TPSA) is 58.6 Å². The van der Waals surface area contributed by atoms with Gasteiger partial charge in [0.05, 0.1) is 19.2 Å². The van der Waals surface area contributed by atoms with Gasteiger partial charge in [0.2, 0.25) is 5.91 Å². The fraction of sp³-hybridized carbons (Fsp3) is 0.429. The Morgan fingerprint density at radius 1 is 1.37 bits per heavy atom. The number of nitrogens with one attached hydrogen (secondary N) is 1. The monoisotopic (exact) mass is 262 g/mol. The first-order valence-corrected chi connectivity index (χ1v) is 6.28. The van der Waals surface area contributed by atoms with E-state index in [0.717, 1.165) is 5.56 Å². The molecule has 1 aliphatic heterocycles. The number of alkyl carbamates (subject to hydrolysis) is 1. The number of hydrogen-bond acceptors (Lipinski definition) is 3. The Balaban J connectivity index is 2.04. The van der Waals surface area contributed by atoms with Crippen LogP contribution in [0.5, 0.6) is 0 Å². The van der Waals surface area contributed by atoms with Gasteiger partial charge in [0, 0.05) is 0 Å². The van der Waals surface area contributed by atoms with E-state index in [9.17, 15) is 9.59 Å². The number of nitrogens with zero attached hydrogens (tertiary/aromatic N) is 1. The first kappa shape index (κ1) is 13.4. The van der Waals surface area contributed by atoms with Crippen molar-refractivity contribution in [2.24, 2.45) is 0 Å². The summed E-state index contributed by atoms with van der Waals surface area (Å²) in [5.74, 6) is -0.0748. The first-order chi connectivity index (χ1) is 9.06. The molecule has 0 bridgehead atoms. The Hall–Kier alpha value is -2.04. The zero-order valence-corrected chi connectivity index (χ0v) is 11.3. The van der Waals surface area contributed by atoms with Gasteiger partial charge in [-0.05, 0) is 19.4 Å². The molecule has 1 aromatic rings. The van der Waals surface area contributed by atoms with Crippen LogP contribution in [0, 0.1) is 0 Å². The van der Waals surface area contributed by atoms with Crippen LogP contribution < -0.4 is 5.32 Å². The molecular formula is C14H18N2O3. The minimum atomic E-state index is -0.572. The van der Waals surface area contributed by atoms with E-state index >= 15 is 0 Å². The van der Waals surface area contributed by atoms with Crippen LogP contribution in [0.25, 0.3) is 0 Å². The molecule has 0 aromatic heterocycles. The van der Waals surface area contributed by atoms with Crippen molar-refractivity contribution in [3.8, 4) is 0 Å². The van der Waals surface area contributed by atoms with Gasteiger partial charge >= 0.3 is 6.09 Å². The number of amides is 2. The van der Waals surface area contributed by atoms with Crippen LogP contribution in [-0.4, -0.2) is 36.1 Å². The van der Waals surface area contributed by atoms with E-state index in [0.29, 0.717) is 0 Å². The van der Waals surface area contributed by atoms with E-state index in [1.165, 1.54) is 7.11 Å². The summed E-state index contributed by atoms with van der Waals surface area (Å²) in [4.78, 5) is 25.0. The molecule has 2 rings (SSSR count). The molecular weight excluding hydrogens is 244 g/mol. The normalized spacial score (nSPS) is 23.5. The van der Waals surface area contributed by atoms with Gasteiger partial charge in [0.25, 0.3) is 0 Å². The average Bonchev–Trinajstić information content (AvgIpc) is 2.45. The number of ether oxygens (including phenoxy) is 1. The van der Waals surface area contributed by atoms with E-state index in [1.807, 2.05) is 44.2 Å². The van der Waals surface area contributed by atoms with E-state index in [1.54, 1.807) is 4.90 Å². The second-order valence-electron chi connectivity index (χ2n) is 4.69. The second-order valence-corrected chi connectivity index (χ2v) is 4.69. The number of likely N-dealkylation sites (tertiary alicyclic amines) is 1. The van der Waals surface area contributed by atoms with Crippen molar-refractivity contribution in [1.82, 2.24) is 10.2 Å². The van der Waals surface area contributed by atoms with Crippen molar-refractivity contribution in [1.29, 1.82) is 0 Å². The standard InChI is InChI=1S/C14H18N2O3/c1-9(11-7-5-4-6-8-11)16-10(2)12(13(16)17)15-14(18)19-3/h4-10,12H,1-3H3,(H,15,18)/t9-,10+,12-/m1/s1. The minimum absolute atomic E-state index is 0.000558. The Bertz CT molecular complexity index is 475. The van der Waals surface area contributed by atoms with Crippen LogP contribution in [0.4, 0.5) is 4.79 Å². The molecule has 0 spiro atoms. The lowest BCUT2D eigenvalue weighted by molar-refractivity contribution is -0.153. The van der Waals surface area contributed by atoms with Crippen molar-refractivity contribution in [3.05, 3.63) is 35.9 Å². The Morgan fingerprint density at radius 2 is 2.00 bits per heavy atom. The molecule has 19 heavy (non-hydrogen) atoms. The van der Waals surface area contributed by atoms with Gasteiger partial charge in [0.15, 0.2) is 0 Å². The molecule has 0 aliphatic carbocycles.